The molecule has 2 atom stereocenters. The molecule has 0 spiro atoms. The van der Waals surface area contributed by atoms with Gasteiger partial charge in [0.05, 0.1) is 0 Å². The fraction of sp³-hybridized carbons (Fsp3) is 0.333. The fourth-order valence-corrected chi connectivity index (χ4v) is 2.77. The highest BCUT2D eigenvalue weighted by atomic mass is 16.2. The van der Waals surface area contributed by atoms with Gasteiger partial charge in [0.25, 0.3) is 5.91 Å². The van der Waals surface area contributed by atoms with Crippen LogP contribution in [-0.2, 0) is 11.2 Å². The molecular formula is C24H28N2O2. The highest BCUT2D eigenvalue weighted by molar-refractivity contribution is 5.94. The first kappa shape index (κ1) is 21.2. The van der Waals surface area contributed by atoms with E-state index in [9.17, 15) is 9.59 Å². The maximum Gasteiger partial charge on any atom is 0.251 e. The highest BCUT2D eigenvalue weighted by Crippen LogP contribution is 2.08. The lowest BCUT2D eigenvalue weighted by Gasteiger charge is -2.12. The van der Waals surface area contributed by atoms with Crippen molar-refractivity contribution in [2.45, 2.75) is 52.6 Å². The first-order valence-corrected chi connectivity index (χ1v) is 9.66. The molecule has 4 nitrogen and oxygen atoms in total. The Morgan fingerprint density at radius 1 is 0.929 bits per heavy atom. The minimum Gasteiger partial charge on any atom is -0.354 e. The van der Waals surface area contributed by atoms with Gasteiger partial charge in [-0.1, -0.05) is 37.0 Å². The van der Waals surface area contributed by atoms with Crippen LogP contribution in [0.3, 0.4) is 0 Å². The number of nitrogens with one attached hydrogen (secondary N) is 2. The van der Waals surface area contributed by atoms with E-state index in [2.05, 4.69) is 22.5 Å². The predicted molar refractivity (Wildman–Crippen MR) is 113 cm³/mol. The van der Waals surface area contributed by atoms with E-state index in [1.54, 1.807) is 6.07 Å². The molecule has 2 N–H and O–H groups in total. The van der Waals surface area contributed by atoms with Crippen LogP contribution in [-0.4, -0.2) is 23.9 Å². The number of hydrogen-bond acceptors (Lipinski definition) is 2. The molecular weight excluding hydrogens is 348 g/mol. The Bertz CT molecular complexity index is 875. The van der Waals surface area contributed by atoms with Gasteiger partial charge >= 0.3 is 0 Å². The van der Waals surface area contributed by atoms with Crippen molar-refractivity contribution >= 4 is 11.8 Å². The van der Waals surface area contributed by atoms with Crippen LogP contribution in [0.1, 0.15) is 61.2 Å². The molecule has 2 amide bonds. The first-order chi connectivity index (χ1) is 13.4. The number of carbonyl (C=O) groups is 2. The average molecular weight is 377 g/mol. The fourth-order valence-electron chi connectivity index (χ4n) is 2.77. The Kier molecular flexibility index (Phi) is 7.83. The molecule has 0 fully saturated rings. The van der Waals surface area contributed by atoms with E-state index in [0.717, 1.165) is 29.5 Å². The van der Waals surface area contributed by atoms with Crippen LogP contribution in [0.15, 0.2) is 48.5 Å². The molecule has 2 unspecified atom stereocenters. The first-order valence-electron chi connectivity index (χ1n) is 9.66. The summed E-state index contributed by atoms with van der Waals surface area (Å²) in [5.74, 6) is 6.17. The molecule has 2 rings (SSSR count). The van der Waals surface area contributed by atoms with E-state index >= 15 is 0 Å². The summed E-state index contributed by atoms with van der Waals surface area (Å²) < 4.78 is 0. The summed E-state index contributed by atoms with van der Waals surface area (Å²) in [6.45, 7) is 7.54. The Hall–Kier alpha value is -3.06. The Morgan fingerprint density at radius 3 is 2.25 bits per heavy atom. The summed E-state index contributed by atoms with van der Waals surface area (Å²) in [5.41, 5.74) is 3.48. The Labute approximate surface area is 167 Å². The molecule has 0 saturated heterocycles. The highest BCUT2D eigenvalue weighted by Gasteiger charge is 2.08. The van der Waals surface area contributed by atoms with Crippen molar-refractivity contribution in [2.75, 3.05) is 0 Å². The van der Waals surface area contributed by atoms with Crippen LogP contribution in [0.25, 0.3) is 0 Å². The van der Waals surface area contributed by atoms with Gasteiger partial charge in [0, 0.05) is 35.7 Å². The summed E-state index contributed by atoms with van der Waals surface area (Å²) in [6, 6.07) is 15.6. The molecule has 146 valence electrons. The van der Waals surface area contributed by atoms with Crippen LogP contribution >= 0.6 is 0 Å². The zero-order valence-corrected chi connectivity index (χ0v) is 17.0. The molecule has 2 aromatic carbocycles. The molecule has 0 aliphatic carbocycles. The van der Waals surface area contributed by atoms with E-state index in [0.29, 0.717) is 5.56 Å². The second-order valence-electron chi connectivity index (χ2n) is 7.12. The lowest BCUT2D eigenvalue weighted by atomic mass is 10.0. The maximum absolute atomic E-state index is 12.2. The van der Waals surface area contributed by atoms with Gasteiger partial charge in [-0.05, 0) is 62.6 Å². The summed E-state index contributed by atoms with van der Waals surface area (Å²) in [5, 5.41) is 5.85. The second-order valence-corrected chi connectivity index (χ2v) is 7.12. The largest absolute Gasteiger partial charge is 0.354 e. The van der Waals surface area contributed by atoms with E-state index in [1.165, 1.54) is 6.92 Å². The van der Waals surface area contributed by atoms with Crippen LogP contribution in [0.2, 0.25) is 0 Å². The molecule has 0 heterocycles. The monoisotopic (exact) mass is 376 g/mol. The number of rotatable bonds is 6. The molecule has 0 radical (unpaired) electrons. The topological polar surface area (TPSA) is 58.2 Å². The Morgan fingerprint density at radius 2 is 1.61 bits per heavy atom. The van der Waals surface area contributed by atoms with Gasteiger partial charge in [-0.25, -0.2) is 0 Å². The van der Waals surface area contributed by atoms with E-state index in [1.807, 2.05) is 63.2 Å². The molecule has 0 aliphatic rings. The average Bonchev–Trinajstić information content (AvgIpc) is 2.67. The van der Waals surface area contributed by atoms with Crippen molar-refractivity contribution < 1.29 is 9.59 Å². The van der Waals surface area contributed by atoms with Crippen LogP contribution in [0, 0.1) is 11.8 Å². The smallest absolute Gasteiger partial charge is 0.251 e. The van der Waals surface area contributed by atoms with Crippen molar-refractivity contribution in [2.24, 2.45) is 0 Å². The molecule has 0 aliphatic heterocycles. The number of amides is 2. The molecule has 28 heavy (non-hydrogen) atoms. The minimum atomic E-state index is -0.0735. The molecule has 0 aromatic heterocycles. The van der Waals surface area contributed by atoms with E-state index in [4.69, 9.17) is 0 Å². The summed E-state index contributed by atoms with van der Waals surface area (Å²) >= 11 is 0. The third-order valence-electron chi connectivity index (χ3n) is 4.41. The molecule has 4 heteroatoms. The second kappa shape index (κ2) is 10.3. The zero-order chi connectivity index (χ0) is 20.5. The maximum atomic E-state index is 12.2. The zero-order valence-electron chi connectivity index (χ0n) is 17.0. The summed E-state index contributed by atoms with van der Waals surface area (Å²) in [4.78, 5) is 23.3. The number of carbonyl (C=O) groups excluding carboxylic acids is 2. The van der Waals surface area contributed by atoms with Gasteiger partial charge in [-0.2, -0.15) is 0 Å². The summed E-state index contributed by atoms with van der Waals surface area (Å²) in [7, 11) is 0. The lowest BCUT2D eigenvalue weighted by molar-refractivity contribution is -0.119. The standard InChI is InChI=1S/C24H28N2O2/c1-5-17(2)26-24(28)23-8-6-7-21(16-23)12-9-20-10-13-22(14-11-20)15-18(3)25-19(4)27/h6-8,10-11,13-14,16-18H,5,15H2,1-4H3,(H,25,27)(H,26,28). The van der Waals surface area contributed by atoms with Crippen molar-refractivity contribution in [3.63, 3.8) is 0 Å². The third-order valence-corrected chi connectivity index (χ3v) is 4.41. The van der Waals surface area contributed by atoms with Crippen molar-refractivity contribution in [3.8, 4) is 11.8 Å². The van der Waals surface area contributed by atoms with Crippen molar-refractivity contribution in [1.29, 1.82) is 0 Å². The summed E-state index contributed by atoms with van der Waals surface area (Å²) in [6.07, 6.45) is 1.67. The van der Waals surface area contributed by atoms with Crippen molar-refractivity contribution in [3.05, 3.63) is 70.8 Å². The van der Waals surface area contributed by atoms with Crippen molar-refractivity contribution in [1.82, 2.24) is 10.6 Å². The molecule has 2 aromatic rings. The van der Waals surface area contributed by atoms with Gasteiger partial charge in [0.2, 0.25) is 5.91 Å². The Balaban J connectivity index is 2.04. The molecule has 0 bridgehead atoms. The van der Waals surface area contributed by atoms with E-state index in [-0.39, 0.29) is 23.9 Å². The third kappa shape index (κ3) is 6.92. The predicted octanol–water partition coefficient (Wildman–Crippen LogP) is 3.68. The molecule has 0 saturated carbocycles. The van der Waals surface area contributed by atoms with Gasteiger partial charge in [-0.3, -0.25) is 9.59 Å². The van der Waals surface area contributed by atoms with Crippen LogP contribution < -0.4 is 10.6 Å². The normalized spacial score (nSPS) is 12.3. The lowest BCUT2D eigenvalue weighted by Crippen LogP contribution is -2.31. The SMILES string of the molecule is CCC(C)NC(=O)c1cccc(C#Cc2ccc(CC(C)NC(C)=O)cc2)c1. The van der Waals surface area contributed by atoms with Gasteiger partial charge in [0.15, 0.2) is 0 Å². The number of benzene rings is 2. The van der Waals surface area contributed by atoms with Gasteiger partial charge in [0.1, 0.15) is 0 Å². The van der Waals surface area contributed by atoms with Crippen LogP contribution in [0.4, 0.5) is 0 Å². The van der Waals surface area contributed by atoms with Crippen LogP contribution in [0.5, 0.6) is 0 Å². The van der Waals surface area contributed by atoms with Gasteiger partial charge in [-0.15, -0.1) is 0 Å². The van der Waals surface area contributed by atoms with Gasteiger partial charge < -0.3 is 10.6 Å². The number of hydrogen-bond donors (Lipinski definition) is 2. The van der Waals surface area contributed by atoms with E-state index < -0.39 is 0 Å². The minimum absolute atomic E-state index is 0.0185. The quantitative estimate of drug-likeness (QED) is 0.756.